The number of nitrogens with one attached hydrogen (secondary N) is 2. The number of rotatable bonds is 5. The van der Waals surface area contributed by atoms with Crippen LogP contribution in [0.15, 0.2) is 35.4 Å². The lowest BCUT2D eigenvalue weighted by molar-refractivity contribution is -0.141. The highest BCUT2D eigenvalue weighted by atomic mass is 35.5. The van der Waals surface area contributed by atoms with E-state index in [0.29, 0.717) is 5.56 Å². The molecule has 0 unspecified atom stereocenters. The first-order valence-electron chi connectivity index (χ1n) is 8.49. The Kier molecular flexibility index (Phi) is 6.23. The summed E-state index contributed by atoms with van der Waals surface area (Å²) >= 11 is 11.5. The summed E-state index contributed by atoms with van der Waals surface area (Å²) < 4.78 is 77.1. The van der Waals surface area contributed by atoms with Crippen molar-refractivity contribution in [3.8, 4) is 0 Å². The number of hydrogen-bond acceptors (Lipinski definition) is 5. The first-order chi connectivity index (χ1) is 14.3. The van der Waals surface area contributed by atoms with Gasteiger partial charge in [0.2, 0.25) is 0 Å². The number of benzene rings is 1. The van der Waals surface area contributed by atoms with Crippen LogP contribution >= 0.6 is 23.2 Å². The summed E-state index contributed by atoms with van der Waals surface area (Å²) in [6.45, 7) is 1.48. The van der Waals surface area contributed by atoms with Crippen LogP contribution in [-0.2, 0) is 16.0 Å². The van der Waals surface area contributed by atoms with Gasteiger partial charge in [-0.3, -0.25) is 0 Å². The summed E-state index contributed by atoms with van der Waals surface area (Å²) in [6.07, 6.45) is -3.83. The number of halogens is 6. The second-order valence-corrected chi connectivity index (χ2v) is 9.35. The van der Waals surface area contributed by atoms with Gasteiger partial charge >= 0.3 is 6.18 Å². The van der Waals surface area contributed by atoms with Crippen molar-refractivity contribution < 1.29 is 26.0 Å². The van der Waals surface area contributed by atoms with Gasteiger partial charge in [0.1, 0.15) is 23.5 Å². The predicted molar refractivity (Wildman–Crippen MR) is 108 cm³/mol. The molecule has 0 aliphatic rings. The van der Waals surface area contributed by atoms with Crippen molar-refractivity contribution in [1.29, 1.82) is 0 Å². The maximum atomic E-state index is 13.6. The standard InChI is InChI=1S/C18H14Cl2F4N4O2S/c1-8-17(31(2,29)30)28-16(25-8)14(9-3-5-12(21)11(20)7-9)26-13-6-4-10(19)15(27-13)18(22,23)24/h3-7,14H,1-2H3,(H,25,28)(H,26,27)/t14-/m1/s1. The molecular formula is C18H14Cl2F4N4O2S. The zero-order valence-corrected chi connectivity index (χ0v) is 18.2. The second kappa shape index (κ2) is 8.29. The van der Waals surface area contributed by atoms with Gasteiger partial charge in [-0.15, -0.1) is 0 Å². The van der Waals surface area contributed by atoms with Gasteiger partial charge in [0, 0.05) is 6.26 Å². The zero-order chi connectivity index (χ0) is 23.1. The van der Waals surface area contributed by atoms with Crippen LogP contribution in [0.3, 0.4) is 0 Å². The molecule has 0 aliphatic heterocycles. The zero-order valence-electron chi connectivity index (χ0n) is 15.9. The molecule has 13 heteroatoms. The average Bonchev–Trinajstić information content (AvgIpc) is 3.04. The highest BCUT2D eigenvalue weighted by Gasteiger charge is 2.36. The third-order valence-electron chi connectivity index (χ3n) is 4.17. The Morgan fingerprint density at radius 3 is 2.32 bits per heavy atom. The van der Waals surface area contributed by atoms with E-state index in [1.165, 1.54) is 25.1 Å². The van der Waals surface area contributed by atoms with Gasteiger partial charge < -0.3 is 10.3 Å². The summed E-state index contributed by atoms with van der Waals surface area (Å²) in [7, 11) is -3.69. The van der Waals surface area contributed by atoms with E-state index in [1.807, 2.05) is 0 Å². The Morgan fingerprint density at radius 2 is 1.77 bits per heavy atom. The van der Waals surface area contributed by atoms with Crippen LogP contribution in [0.1, 0.15) is 28.8 Å². The van der Waals surface area contributed by atoms with Gasteiger partial charge in [-0.1, -0.05) is 29.3 Å². The maximum Gasteiger partial charge on any atom is 0.434 e. The molecule has 2 heterocycles. The van der Waals surface area contributed by atoms with Gasteiger partial charge in [0.25, 0.3) is 0 Å². The fraction of sp³-hybridized carbons (Fsp3) is 0.222. The number of imidazole rings is 1. The highest BCUT2D eigenvalue weighted by Crippen LogP contribution is 2.35. The first-order valence-corrected chi connectivity index (χ1v) is 11.1. The van der Waals surface area contributed by atoms with E-state index < -0.39 is 38.6 Å². The minimum atomic E-state index is -4.80. The molecule has 0 aliphatic carbocycles. The number of aromatic amines is 1. The van der Waals surface area contributed by atoms with Crippen LogP contribution in [0.4, 0.5) is 23.4 Å². The molecule has 1 atom stereocenters. The summed E-state index contributed by atoms with van der Waals surface area (Å²) in [5, 5.41) is 1.69. The highest BCUT2D eigenvalue weighted by molar-refractivity contribution is 7.90. The normalized spacial score (nSPS) is 13.3. The van der Waals surface area contributed by atoms with Crippen molar-refractivity contribution >= 4 is 38.9 Å². The number of sulfone groups is 1. The van der Waals surface area contributed by atoms with E-state index in [1.54, 1.807) is 0 Å². The molecule has 6 nitrogen and oxygen atoms in total. The summed E-state index contributed by atoms with van der Waals surface area (Å²) in [4.78, 5) is 10.4. The molecule has 0 amide bonds. The van der Waals surface area contributed by atoms with E-state index in [2.05, 4.69) is 20.3 Å². The van der Waals surface area contributed by atoms with Crippen LogP contribution in [0.2, 0.25) is 10.0 Å². The van der Waals surface area contributed by atoms with Gasteiger partial charge in [0.05, 0.1) is 15.7 Å². The molecule has 31 heavy (non-hydrogen) atoms. The smallest absolute Gasteiger partial charge is 0.356 e. The number of H-pyrrole nitrogens is 1. The molecule has 0 fully saturated rings. The van der Waals surface area contributed by atoms with Crippen LogP contribution in [-0.4, -0.2) is 29.6 Å². The van der Waals surface area contributed by atoms with Crippen LogP contribution in [0.25, 0.3) is 0 Å². The van der Waals surface area contributed by atoms with Crippen molar-refractivity contribution in [2.24, 2.45) is 0 Å². The van der Waals surface area contributed by atoms with Crippen molar-refractivity contribution in [3.05, 3.63) is 69.0 Å². The Bertz CT molecular complexity index is 1250. The van der Waals surface area contributed by atoms with Crippen molar-refractivity contribution in [3.63, 3.8) is 0 Å². The maximum absolute atomic E-state index is 13.6. The lowest BCUT2D eigenvalue weighted by Crippen LogP contribution is -2.17. The lowest BCUT2D eigenvalue weighted by atomic mass is 10.1. The predicted octanol–water partition coefficient (Wildman–Crippen LogP) is 5.18. The van der Waals surface area contributed by atoms with E-state index in [0.717, 1.165) is 18.4 Å². The third-order valence-corrected chi connectivity index (χ3v) is 5.86. The van der Waals surface area contributed by atoms with Crippen LogP contribution < -0.4 is 5.32 Å². The van der Waals surface area contributed by atoms with Gasteiger partial charge in [-0.05, 0) is 36.8 Å². The summed E-state index contributed by atoms with van der Waals surface area (Å²) in [5.41, 5.74) is -0.787. The van der Waals surface area contributed by atoms with Gasteiger partial charge in [0.15, 0.2) is 20.6 Å². The van der Waals surface area contributed by atoms with Crippen LogP contribution in [0, 0.1) is 12.7 Å². The first kappa shape index (κ1) is 23.3. The van der Waals surface area contributed by atoms with Crippen molar-refractivity contribution in [1.82, 2.24) is 15.0 Å². The second-order valence-electron chi connectivity index (χ2n) is 6.60. The molecule has 3 rings (SSSR count). The quantitative estimate of drug-likeness (QED) is 0.475. The van der Waals surface area contributed by atoms with E-state index in [4.69, 9.17) is 23.2 Å². The molecule has 2 aromatic heterocycles. The number of anilines is 1. The van der Waals surface area contributed by atoms with E-state index in [-0.39, 0.29) is 27.4 Å². The van der Waals surface area contributed by atoms with E-state index in [9.17, 15) is 26.0 Å². The molecule has 3 aromatic rings. The molecule has 2 N–H and O–H groups in total. The van der Waals surface area contributed by atoms with Gasteiger partial charge in [-0.25, -0.2) is 22.8 Å². The number of alkyl halides is 3. The number of aryl methyl sites for hydroxylation is 1. The van der Waals surface area contributed by atoms with E-state index >= 15 is 0 Å². The van der Waals surface area contributed by atoms with Gasteiger partial charge in [-0.2, -0.15) is 13.2 Å². The van der Waals surface area contributed by atoms with Crippen LogP contribution in [0.5, 0.6) is 0 Å². The Morgan fingerprint density at radius 1 is 1.10 bits per heavy atom. The molecule has 0 spiro atoms. The summed E-state index contributed by atoms with van der Waals surface area (Å²) in [5.74, 6) is -0.886. The molecule has 166 valence electrons. The van der Waals surface area contributed by atoms with Crippen molar-refractivity contribution in [2.75, 3.05) is 11.6 Å². The Balaban J connectivity index is 2.13. The lowest BCUT2D eigenvalue weighted by Gasteiger charge is -2.19. The monoisotopic (exact) mass is 496 g/mol. The molecule has 1 aromatic carbocycles. The molecular weight excluding hydrogens is 483 g/mol. The molecule has 0 bridgehead atoms. The minimum Gasteiger partial charge on any atom is -0.356 e. The Hall–Kier alpha value is -2.37. The van der Waals surface area contributed by atoms with Crippen molar-refractivity contribution in [2.45, 2.75) is 24.2 Å². The fourth-order valence-corrected chi connectivity index (χ4v) is 4.11. The molecule has 0 radical (unpaired) electrons. The topological polar surface area (TPSA) is 87.7 Å². The minimum absolute atomic E-state index is 0.0471. The molecule has 0 saturated heterocycles. The largest absolute Gasteiger partial charge is 0.434 e. The SMILES string of the molecule is Cc1[nH]c([C@H](Nc2ccc(Cl)c(C(F)(F)F)n2)c2ccc(F)c(Cl)c2)nc1S(C)(=O)=O. The number of hydrogen-bond donors (Lipinski definition) is 2. The third kappa shape index (κ3) is 5.10. The Labute approximate surface area is 184 Å². The number of nitrogens with zero attached hydrogens (tertiary/aromatic N) is 2. The number of pyridine rings is 1. The molecule has 0 saturated carbocycles. The fourth-order valence-electron chi connectivity index (χ4n) is 2.84. The average molecular weight is 497 g/mol. The summed E-state index contributed by atoms with van der Waals surface area (Å²) in [6, 6.07) is 4.83. The number of aromatic nitrogens is 3.